The van der Waals surface area contributed by atoms with Crippen LogP contribution < -0.4 is 9.47 Å². The largest absolute Gasteiger partial charge is 0.493 e. The van der Waals surface area contributed by atoms with E-state index in [4.69, 9.17) is 9.47 Å². The van der Waals surface area contributed by atoms with E-state index in [0.717, 1.165) is 23.5 Å². The number of benzene rings is 2. The Labute approximate surface area is 162 Å². The lowest BCUT2D eigenvalue weighted by Crippen LogP contribution is -2.10. The van der Waals surface area contributed by atoms with Crippen LogP contribution in [0.3, 0.4) is 0 Å². The van der Waals surface area contributed by atoms with Gasteiger partial charge in [0.2, 0.25) is 0 Å². The van der Waals surface area contributed by atoms with Gasteiger partial charge in [-0.15, -0.1) is 0 Å². The highest BCUT2D eigenvalue weighted by Gasteiger charge is 2.48. The Hall–Kier alpha value is -2.66. The van der Waals surface area contributed by atoms with E-state index in [1.807, 2.05) is 0 Å². The predicted octanol–water partition coefficient (Wildman–Crippen LogP) is 5.60. The molecule has 2 nitrogen and oxygen atoms in total. The zero-order valence-electron chi connectivity index (χ0n) is 16.7. The molecule has 2 heteroatoms. The summed E-state index contributed by atoms with van der Waals surface area (Å²) in [5.41, 5.74) is 8.07. The number of allylic oxidation sites excluding steroid dienone is 2. The van der Waals surface area contributed by atoms with E-state index in [1.165, 1.54) is 22.3 Å². The molecule has 2 aromatic rings. The van der Waals surface area contributed by atoms with Gasteiger partial charge in [-0.25, -0.2) is 0 Å². The molecule has 2 aliphatic rings. The van der Waals surface area contributed by atoms with Gasteiger partial charge in [0.15, 0.2) is 11.5 Å². The molecule has 2 bridgehead atoms. The molecule has 0 aliphatic heterocycles. The van der Waals surface area contributed by atoms with Crippen molar-refractivity contribution in [2.45, 2.75) is 39.0 Å². The summed E-state index contributed by atoms with van der Waals surface area (Å²) in [4.78, 5) is 0. The van der Waals surface area contributed by atoms with Crippen molar-refractivity contribution in [1.82, 2.24) is 0 Å². The van der Waals surface area contributed by atoms with Crippen LogP contribution >= 0.6 is 0 Å². The molecule has 1 saturated carbocycles. The van der Waals surface area contributed by atoms with E-state index in [-0.39, 0.29) is 0 Å². The summed E-state index contributed by atoms with van der Waals surface area (Å²) in [6.45, 7) is 6.56. The molecule has 0 spiro atoms. The summed E-state index contributed by atoms with van der Waals surface area (Å²) in [6.07, 6.45) is 1.09. The standard InChI is InChI=1S/C25H26O2/c1-15(2)24-20-12-18(11-10-17-8-6-16(3)7-9-17)25(24)21-14-23(27-5)22(26-4)13-19(20)21/h6-9,13-14,18,20,25H,12H2,1-5H3/t18?,20-,25+/m0/s1. The van der Waals surface area contributed by atoms with Crippen molar-refractivity contribution >= 4 is 0 Å². The van der Waals surface area contributed by atoms with Crippen LogP contribution in [-0.4, -0.2) is 14.2 Å². The molecule has 1 fully saturated rings. The van der Waals surface area contributed by atoms with Crippen molar-refractivity contribution in [1.29, 1.82) is 0 Å². The fraction of sp³-hybridized carbons (Fsp3) is 0.360. The quantitative estimate of drug-likeness (QED) is 0.514. The van der Waals surface area contributed by atoms with Crippen molar-refractivity contribution in [3.05, 3.63) is 69.8 Å². The Morgan fingerprint density at radius 2 is 1.59 bits per heavy atom. The molecular formula is C25H26O2. The normalized spacial score (nSPS) is 22.1. The third-order valence-corrected chi connectivity index (χ3v) is 5.93. The minimum absolute atomic E-state index is 0.354. The lowest BCUT2D eigenvalue weighted by Gasteiger charge is -2.21. The van der Waals surface area contributed by atoms with E-state index < -0.39 is 0 Å². The molecule has 3 atom stereocenters. The Morgan fingerprint density at radius 1 is 0.963 bits per heavy atom. The number of methoxy groups -OCH3 is 2. The molecule has 2 aliphatic carbocycles. The second kappa shape index (κ2) is 6.82. The highest BCUT2D eigenvalue weighted by molar-refractivity contribution is 5.62. The van der Waals surface area contributed by atoms with E-state index in [9.17, 15) is 0 Å². The highest BCUT2D eigenvalue weighted by Crippen LogP contribution is 2.62. The number of fused-ring (bicyclic) bond motifs is 5. The van der Waals surface area contributed by atoms with Gasteiger partial charge in [-0.1, -0.05) is 40.7 Å². The Balaban J connectivity index is 1.76. The van der Waals surface area contributed by atoms with Crippen molar-refractivity contribution in [3.63, 3.8) is 0 Å². The van der Waals surface area contributed by atoms with E-state index in [1.54, 1.807) is 19.8 Å². The highest BCUT2D eigenvalue weighted by atomic mass is 16.5. The average Bonchev–Trinajstić information content (AvgIpc) is 3.20. The molecule has 0 aromatic heterocycles. The lowest BCUT2D eigenvalue weighted by molar-refractivity contribution is 0.353. The van der Waals surface area contributed by atoms with Gasteiger partial charge in [-0.3, -0.25) is 0 Å². The first-order valence-corrected chi connectivity index (χ1v) is 9.54. The van der Waals surface area contributed by atoms with Crippen LogP contribution in [0.15, 0.2) is 47.5 Å². The predicted molar refractivity (Wildman–Crippen MR) is 110 cm³/mol. The van der Waals surface area contributed by atoms with Gasteiger partial charge in [-0.2, -0.15) is 0 Å². The van der Waals surface area contributed by atoms with Gasteiger partial charge in [-0.05, 0) is 62.6 Å². The molecule has 27 heavy (non-hydrogen) atoms. The molecular weight excluding hydrogens is 332 g/mol. The number of ether oxygens (including phenoxy) is 2. The number of hydrogen-bond acceptors (Lipinski definition) is 2. The zero-order chi connectivity index (χ0) is 19.1. The fourth-order valence-electron chi connectivity index (χ4n) is 4.73. The maximum atomic E-state index is 5.56. The number of aryl methyl sites for hydroxylation is 1. The van der Waals surface area contributed by atoms with Crippen LogP contribution in [-0.2, 0) is 0 Å². The van der Waals surface area contributed by atoms with E-state index >= 15 is 0 Å². The van der Waals surface area contributed by atoms with Gasteiger partial charge in [0.05, 0.1) is 14.2 Å². The molecule has 0 N–H and O–H groups in total. The molecule has 0 amide bonds. The summed E-state index contributed by atoms with van der Waals surface area (Å²) >= 11 is 0. The second-order valence-electron chi connectivity index (χ2n) is 7.80. The second-order valence-corrected chi connectivity index (χ2v) is 7.80. The van der Waals surface area contributed by atoms with Gasteiger partial charge in [0.1, 0.15) is 0 Å². The first-order valence-electron chi connectivity index (χ1n) is 9.54. The summed E-state index contributed by atoms with van der Waals surface area (Å²) in [6, 6.07) is 12.8. The first kappa shape index (κ1) is 17.7. The molecule has 0 heterocycles. The van der Waals surface area contributed by atoms with Crippen LogP contribution in [0.2, 0.25) is 0 Å². The molecule has 138 valence electrons. The van der Waals surface area contributed by atoms with Crippen molar-refractivity contribution in [2.75, 3.05) is 14.2 Å². The Bertz CT molecular complexity index is 966. The van der Waals surface area contributed by atoms with Crippen LogP contribution in [0.5, 0.6) is 11.5 Å². The smallest absolute Gasteiger partial charge is 0.161 e. The monoisotopic (exact) mass is 358 g/mol. The van der Waals surface area contributed by atoms with Gasteiger partial charge in [0.25, 0.3) is 0 Å². The first-order chi connectivity index (χ1) is 13.0. The van der Waals surface area contributed by atoms with E-state index in [0.29, 0.717) is 17.8 Å². The van der Waals surface area contributed by atoms with Crippen molar-refractivity contribution in [2.24, 2.45) is 5.92 Å². The third-order valence-electron chi connectivity index (χ3n) is 5.93. The van der Waals surface area contributed by atoms with Gasteiger partial charge < -0.3 is 9.47 Å². The average molecular weight is 358 g/mol. The minimum Gasteiger partial charge on any atom is -0.493 e. The summed E-state index contributed by atoms with van der Waals surface area (Å²) in [5.74, 6) is 9.80. The van der Waals surface area contributed by atoms with Crippen LogP contribution in [0.4, 0.5) is 0 Å². The number of hydrogen-bond donors (Lipinski definition) is 0. The number of rotatable bonds is 2. The summed E-state index contributed by atoms with van der Waals surface area (Å²) < 4.78 is 11.1. The van der Waals surface area contributed by atoms with E-state index in [2.05, 4.69) is 69.0 Å². The molecule has 1 unspecified atom stereocenters. The fourth-order valence-corrected chi connectivity index (χ4v) is 4.73. The summed E-state index contributed by atoms with van der Waals surface area (Å²) in [5, 5.41) is 0. The Morgan fingerprint density at radius 3 is 2.19 bits per heavy atom. The van der Waals surface area contributed by atoms with Gasteiger partial charge >= 0.3 is 0 Å². The van der Waals surface area contributed by atoms with Gasteiger partial charge in [0, 0.05) is 23.3 Å². The van der Waals surface area contributed by atoms with Crippen LogP contribution in [0.25, 0.3) is 0 Å². The third kappa shape index (κ3) is 2.92. The van der Waals surface area contributed by atoms with Crippen LogP contribution in [0.1, 0.15) is 54.4 Å². The zero-order valence-corrected chi connectivity index (χ0v) is 16.7. The SMILES string of the molecule is COc1cc2c(cc1OC)[C@@H]1C(=C(C)C)[C@H]2CC1C#Cc1ccc(C)cc1. The maximum absolute atomic E-state index is 5.56. The minimum atomic E-state index is 0.354. The maximum Gasteiger partial charge on any atom is 0.161 e. The van der Waals surface area contributed by atoms with Crippen molar-refractivity contribution in [3.8, 4) is 23.3 Å². The summed E-state index contributed by atoms with van der Waals surface area (Å²) in [7, 11) is 3.41. The Kier molecular flexibility index (Phi) is 4.48. The van der Waals surface area contributed by atoms with Crippen molar-refractivity contribution < 1.29 is 9.47 Å². The lowest BCUT2D eigenvalue weighted by atomic mass is 9.83. The molecule has 4 rings (SSSR count). The molecule has 2 aromatic carbocycles. The molecule has 0 saturated heterocycles. The van der Waals surface area contributed by atoms with Crippen LogP contribution in [0, 0.1) is 24.7 Å². The molecule has 0 radical (unpaired) electrons. The topological polar surface area (TPSA) is 18.5 Å².